The predicted octanol–water partition coefficient (Wildman–Crippen LogP) is 4.12. The van der Waals surface area contributed by atoms with Crippen LogP contribution in [0.2, 0.25) is 0 Å². The van der Waals surface area contributed by atoms with E-state index >= 15 is 0 Å². The third-order valence-corrected chi connectivity index (χ3v) is 4.50. The van der Waals surface area contributed by atoms with Crippen molar-refractivity contribution in [2.24, 2.45) is 11.8 Å². The second-order valence-corrected chi connectivity index (χ2v) is 6.53. The number of rotatable bonds is 4. The van der Waals surface area contributed by atoms with Crippen molar-refractivity contribution in [3.05, 3.63) is 59.2 Å². The first-order valence-corrected chi connectivity index (χ1v) is 8.14. The van der Waals surface area contributed by atoms with Crippen molar-refractivity contribution in [2.45, 2.75) is 27.2 Å². The number of benzene rings is 2. The summed E-state index contributed by atoms with van der Waals surface area (Å²) in [6.45, 7) is 6.04. The molecule has 0 spiro atoms. The first-order chi connectivity index (χ1) is 11.4. The number of hydrogen-bond donors (Lipinski definition) is 1. The van der Waals surface area contributed by atoms with Gasteiger partial charge in [0.05, 0.1) is 5.56 Å². The molecule has 3 rings (SSSR count). The van der Waals surface area contributed by atoms with Crippen LogP contribution in [0, 0.1) is 25.7 Å². The van der Waals surface area contributed by atoms with Crippen LogP contribution in [0.15, 0.2) is 42.5 Å². The summed E-state index contributed by atoms with van der Waals surface area (Å²) >= 11 is 0. The van der Waals surface area contributed by atoms with Gasteiger partial charge in [-0.25, -0.2) is 4.79 Å². The number of carbonyl (C=O) groups is 2. The van der Waals surface area contributed by atoms with Crippen LogP contribution in [-0.4, -0.2) is 11.9 Å². The molecule has 1 aliphatic carbocycles. The Kier molecular flexibility index (Phi) is 4.38. The summed E-state index contributed by atoms with van der Waals surface area (Å²) in [5, 5.41) is 2.86. The number of esters is 1. The van der Waals surface area contributed by atoms with Gasteiger partial charge in [0.2, 0.25) is 5.91 Å². The molecule has 1 amide bonds. The highest BCUT2D eigenvalue weighted by atomic mass is 16.5. The van der Waals surface area contributed by atoms with Crippen LogP contribution in [0.4, 0.5) is 5.69 Å². The molecule has 1 N–H and O–H groups in total. The molecule has 0 aliphatic heterocycles. The molecule has 0 bridgehead atoms. The average Bonchev–Trinajstić information content (AvgIpc) is 3.28. The molecule has 0 radical (unpaired) electrons. The number of amides is 1. The molecule has 1 aliphatic rings. The fourth-order valence-electron chi connectivity index (χ4n) is 2.59. The Bertz CT molecular complexity index is 797. The normalized spacial score (nSPS) is 18.8. The Balaban J connectivity index is 1.69. The van der Waals surface area contributed by atoms with Crippen LogP contribution in [-0.2, 0) is 4.79 Å². The van der Waals surface area contributed by atoms with Crippen molar-refractivity contribution in [3.63, 3.8) is 0 Å². The molecular formula is C20H21NO3. The maximum absolute atomic E-state index is 12.3. The number of nitrogens with one attached hydrogen (secondary N) is 1. The summed E-state index contributed by atoms with van der Waals surface area (Å²) in [6.07, 6.45) is 0.931. The smallest absolute Gasteiger partial charge is 0.343 e. The van der Waals surface area contributed by atoms with Gasteiger partial charge in [0, 0.05) is 11.6 Å². The number of hydrogen-bond acceptors (Lipinski definition) is 3. The fourth-order valence-corrected chi connectivity index (χ4v) is 2.59. The van der Waals surface area contributed by atoms with E-state index in [9.17, 15) is 9.59 Å². The summed E-state index contributed by atoms with van der Waals surface area (Å²) < 4.78 is 5.42. The first kappa shape index (κ1) is 16.2. The van der Waals surface area contributed by atoms with Crippen molar-refractivity contribution in [3.8, 4) is 5.75 Å². The molecule has 0 unspecified atom stereocenters. The summed E-state index contributed by atoms with van der Waals surface area (Å²) in [7, 11) is 0. The average molecular weight is 323 g/mol. The zero-order valence-electron chi connectivity index (χ0n) is 14.1. The highest BCUT2D eigenvalue weighted by Gasteiger charge is 2.39. The third-order valence-electron chi connectivity index (χ3n) is 4.50. The monoisotopic (exact) mass is 323 g/mol. The first-order valence-electron chi connectivity index (χ1n) is 8.14. The van der Waals surface area contributed by atoms with E-state index in [1.165, 1.54) is 0 Å². The zero-order valence-corrected chi connectivity index (χ0v) is 14.1. The van der Waals surface area contributed by atoms with Gasteiger partial charge in [0.15, 0.2) is 0 Å². The third kappa shape index (κ3) is 3.65. The molecule has 0 aromatic heterocycles. The van der Waals surface area contributed by atoms with E-state index in [-0.39, 0.29) is 11.8 Å². The summed E-state index contributed by atoms with van der Waals surface area (Å²) in [6, 6.07) is 12.4. The molecule has 1 saturated carbocycles. The number of aryl methyl sites for hydroxylation is 2. The van der Waals surface area contributed by atoms with Gasteiger partial charge in [0.1, 0.15) is 5.75 Å². The maximum atomic E-state index is 12.3. The minimum Gasteiger partial charge on any atom is -0.423 e. The van der Waals surface area contributed by atoms with Gasteiger partial charge in [0.25, 0.3) is 0 Å². The van der Waals surface area contributed by atoms with Gasteiger partial charge in [-0.15, -0.1) is 0 Å². The van der Waals surface area contributed by atoms with Gasteiger partial charge >= 0.3 is 5.97 Å². The molecule has 2 aromatic rings. The molecule has 4 nitrogen and oxygen atoms in total. The summed E-state index contributed by atoms with van der Waals surface area (Å²) in [5.74, 6) is 0.639. The van der Waals surface area contributed by atoms with E-state index in [2.05, 4.69) is 12.2 Å². The predicted molar refractivity (Wildman–Crippen MR) is 93.2 cm³/mol. The number of ether oxygens (including phenoxy) is 1. The van der Waals surface area contributed by atoms with E-state index in [4.69, 9.17) is 4.74 Å². The molecule has 24 heavy (non-hydrogen) atoms. The van der Waals surface area contributed by atoms with E-state index in [0.29, 0.717) is 22.9 Å². The Morgan fingerprint density at radius 2 is 1.83 bits per heavy atom. The van der Waals surface area contributed by atoms with Crippen LogP contribution in [0.3, 0.4) is 0 Å². The maximum Gasteiger partial charge on any atom is 0.343 e. The van der Waals surface area contributed by atoms with Crippen LogP contribution in [0.25, 0.3) is 0 Å². The Labute approximate surface area is 141 Å². The fraction of sp³-hybridized carbons (Fsp3) is 0.300. The lowest BCUT2D eigenvalue weighted by Gasteiger charge is -2.09. The zero-order chi connectivity index (χ0) is 17.3. The Morgan fingerprint density at radius 1 is 1.08 bits per heavy atom. The molecule has 124 valence electrons. The van der Waals surface area contributed by atoms with Crippen LogP contribution in [0.1, 0.15) is 34.8 Å². The van der Waals surface area contributed by atoms with Crippen LogP contribution >= 0.6 is 0 Å². The van der Waals surface area contributed by atoms with E-state index < -0.39 is 5.97 Å². The topological polar surface area (TPSA) is 55.4 Å². The van der Waals surface area contributed by atoms with Gasteiger partial charge in [-0.3, -0.25) is 4.79 Å². The van der Waals surface area contributed by atoms with Crippen molar-refractivity contribution in [2.75, 3.05) is 5.32 Å². The lowest BCUT2D eigenvalue weighted by molar-refractivity contribution is -0.117. The highest BCUT2D eigenvalue weighted by molar-refractivity contribution is 5.97. The van der Waals surface area contributed by atoms with E-state index in [1.807, 2.05) is 26.0 Å². The molecule has 0 saturated heterocycles. The van der Waals surface area contributed by atoms with Crippen LogP contribution in [0.5, 0.6) is 5.75 Å². The number of carbonyl (C=O) groups excluding carboxylic acids is 2. The minimum absolute atomic E-state index is 0.0159. The second-order valence-electron chi connectivity index (χ2n) is 6.53. The highest BCUT2D eigenvalue weighted by Crippen LogP contribution is 2.38. The Hall–Kier alpha value is -2.62. The van der Waals surface area contributed by atoms with Crippen molar-refractivity contribution >= 4 is 17.6 Å². The molecular weight excluding hydrogens is 302 g/mol. The molecule has 1 fully saturated rings. The molecule has 4 heteroatoms. The van der Waals surface area contributed by atoms with Gasteiger partial charge in [-0.2, -0.15) is 0 Å². The minimum atomic E-state index is -0.436. The number of anilines is 1. The lowest BCUT2D eigenvalue weighted by Crippen LogP contribution is -2.15. The van der Waals surface area contributed by atoms with Gasteiger partial charge in [-0.1, -0.05) is 19.1 Å². The van der Waals surface area contributed by atoms with Crippen LogP contribution < -0.4 is 10.1 Å². The molecule has 0 heterocycles. The quantitative estimate of drug-likeness (QED) is 0.680. The molecule has 2 aromatic carbocycles. The van der Waals surface area contributed by atoms with Gasteiger partial charge in [-0.05, 0) is 67.6 Å². The standard InChI is InChI=1S/C20H21NO3/c1-12-7-8-17(9-13(12)2)24-20(23)15-5-4-6-16(11-15)21-19(22)18-10-14(18)3/h4-9,11,14,18H,10H2,1-3H3,(H,21,22)/t14-,18-/m0/s1. The summed E-state index contributed by atoms with van der Waals surface area (Å²) in [5.41, 5.74) is 3.25. The molecule has 2 atom stereocenters. The lowest BCUT2D eigenvalue weighted by atomic mass is 10.1. The van der Waals surface area contributed by atoms with Crippen molar-refractivity contribution < 1.29 is 14.3 Å². The summed E-state index contributed by atoms with van der Waals surface area (Å²) in [4.78, 5) is 24.3. The second kappa shape index (κ2) is 6.48. The van der Waals surface area contributed by atoms with Gasteiger partial charge < -0.3 is 10.1 Å². The van der Waals surface area contributed by atoms with Crippen molar-refractivity contribution in [1.82, 2.24) is 0 Å². The Morgan fingerprint density at radius 3 is 2.50 bits per heavy atom. The van der Waals surface area contributed by atoms with Crippen molar-refractivity contribution in [1.29, 1.82) is 0 Å². The van der Waals surface area contributed by atoms with E-state index in [0.717, 1.165) is 17.5 Å². The largest absolute Gasteiger partial charge is 0.423 e. The van der Waals surface area contributed by atoms with E-state index in [1.54, 1.807) is 30.3 Å². The SMILES string of the molecule is Cc1ccc(OC(=O)c2cccc(NC(=O)[C@H]3C[C@@H]3C)c2)cc1C.